The van der Waals surface area contributed by atoms with Crippen LogP contribution < -0.4 is 10.1 Å². The van der Waals surface area contributed by atoms with E-state index in [1.54, 1.807) is 6.07 Å². The van der Waals surface area contributed by atoms with E-state index < -0.39 is 9.84 Å². The molecule has 6 heteroatoms. The highest BCUT2D eigenvalue weighted by molar-refractivity contribution is 7.91. The van der Waals surface area contributed by atoms with Gasteiger partial charge in [-0.15, -0.1) is 0 Å². The summed E-state index contributed by atoms with van der Waals surface area (Å²) in [5.41, 5.74) is 0.972. The molecule has 21 heavy (non-hydrogen) atoms. The molecule has 0 spiro atoms. The van der Waals surface area contributed by atoms with Gasteiger partial charge in [0.15, 0.2) is 9.84 Å². The molecule has 2 rings (SSSR count). The van der Waals surface area contributed by atoms with Gasteiger partial charge < -0.3 is 10.1 Å². The summed E-state index contributed by atoms with van der Waals surface area (Å²) in [5, 5.41) is 4.05. The molecular formula is C15H22ClNO3S. The normalized spacial score (nSPS) is 22.1. The van der Waals surface area contributed by atoms with Gasteiger partial charge in [-0.3, -0.25) is 0 Å². The first-order valence-electron chi connectivity index (χ1n) is 7.31. The maximum atomic E-state index is 11.5. The molecule has 1 heterocycles. The monoisotopic (exact) mass is 331 g/mol. The van der Waals surface area contributed by atoms with E-state index in [-0.39, 0.29) is 23.7 Å². The lowest BCUT2D eigenvalue weighted by Gasteiger charge is -2.20. The van der Waals surface area contributed by atoms with E-state index in [1.807, 2.05) is 12.1 Å². The van der Waals surface area contributed by atoms with Crippen LogP contribution in [0.2, 0.25) is 5.02 Å². The molecule has 4 nitrogen and oxygen atoms in total. The molecule has 0 aliphatic carbocycles. The molecule has 1 saturated heterocycles. The van der Waals surface area contributed by atoms with E-state index in [0.717, 1.165) is 24.3 Å². The van der Waals surface area contributed by atoms with Gasteiger partial charge >= 0.3 is 0 Å². The van der Waals surface area contributed by atoms with Crippen LogP contribution in [0.15, 0.2) is 18.2 Å². The largest absolute Gasteiger partial charge is 0.489 e. The highest BCUT2D eigenvalue weighted by atomic mass is 35.5. The zero-order valence-corrected chi connectivity index (χ0v) is 14.0. The van der Waals surface area contributed by atoms with Crippen molar-refractivity contribution in [2.45, 2.75) is 38.8 Å². The Morgan fingerprint density at radius 2 is 2.24 bits per heavy atom. The molecule has 0 amide bonds. The van der Waals surface area contributed by atoms with Gasteiger partial charge in [0, 0.05) is 16.6 Å². The maximum Gasteiger partial charge on any atom is 0.154 e. The molecule has 0 radical (unpaired) electrons. The standard InChI is InChI=1S/C15H22ClNO3S/c1-3-7-17-11(2)14-9-12(16)4-5-15(14)20-13-6-8-21(18,19)10-13/h4-5,9,11,13,17H,3,6-8,10H2,1-2H3. The number of sulfone groups is 1. The smallest absolute Gasteiger partial charge is 0.154 e. The summed E-state index contributed by atoms with van der Waals surface area (Å²) in [6.07, 6.45) is 1.34. The van der Waals surface area contributed by atoms with Crippen molar-refractivity contribution in [2.24, 2.45) is 0 Å². The van der Waals surface area contributed by atoms with Crippen molar-refractivity contribution in [3.8, 4) is 5.75 Å². The fourth-order valence-corrected chi connectivity index (χ4v) is 4.24. The fraction of sp³-hybridized carbons (Fsp3) is 0.600. The van der Waals surface area contributed by atoms with Crippen molar-refractivity contribution in [1.29, 1.82) is 0 Å². The quantitative estimate of drug-likeness (QED) is 0.870. The minimum Gasteiger partial charge on any atom is -0.489 e. The predicted octanol–water partition coefficient (Wildman–Crippen LogP) is 2.97. The first-order chi connectivity index (χ1) is 9.91. The first kappa shape index (κ1) is 16.6. The van der Waals surface area contributed by atoms with Crippen LogP contribution in [0, 0.1) is 0 Å². The van der Waals surface area contributed by atoms with Crippen LogP contribution in [-0.4, -0.2) is 32.6 Å². The Hall–Kier alpha value is -0.780. The van der Waals surface area contributed by atoms with Crippen molar-refractivity contribution in [3.05, 3.63) is 28.8 Å². The summed E-state index contributed by atoms with van der Waals surface area (Å²) >= 11 is 6.08. The van der Waals surface area contributed by atoms with E-state index in [0.29, 0.717) is 11.4 Å². The van der Waals surface area contributed by atoms with Crippen molar-refractivity contribution in [2.75, 3.05) is 18.1 Å². The van der Waals surface area contributed by atoms with Crippen LogP contribution in [0.25, 0.3) is 0 Å². The van der Waals surface area contributed by atoms with Gasteiger partial charge in [0.25, 0.3) is 0 Å². The van der Waals surface area contributed by atoms with Crippen LogP contribution in [0.1, 0.15) is 38.3 Å². The molecule has 0 aromatic heterocycles. The van der Waals surface area contributed by atoms with Crippen molar-refractivity contribution in [1.82, 2.24) is 5.32 Å². The van der Waals surface area contributed by atoms with Gasteiger partial charge in [0.05, 0.1) is 11.5 Å². The van der Waals surface area contributed by atoms with Gasteiger partial charge in [-0.05, 0) is 44.5 Å². The molecule has 1 aliphatic heterocycles. The fourth-order valence-electron chi connectivity index (χ4n) is 2.47. The van der Waals surface area contributed by atoms with Gasteiger partial charge in [-0.2, -0.15) is 0 Å². The minimum absolute atomic E-state index is 0.103. The summed E-state index contributed by atoms with van der Waals surface area (Å²) in [4.78, 5) is 0. The Balaban J connectivity index is 2.15. The molecule has 1 aromatic carbocycles. The molecule has 2 atom stereocenters. The summed E-state index contributed by atoms with van der Waals surface area (Å²) in [7, 11) is -2.94. The molecule has 1 aliphatic rings. The number of hydrogen-bond acceptors (Lipinski definition) is 4. The first-order valence-corrected chi connectivity index (χ1v) is 9.51. The highest BCUT2D eigenvalue weighted by Crippen LogP contribution is 2.30. The van der Waals surface area contributed by atoms with Crippen molar-refractivity contribution < 1.29 is 13.2 Å². The molecule has 118 valence electrons. The lowest BCUT2D eigenvalue weighted by atomic mass is 10.1. The molecule has 2 unspecified atom stereocenters. The summed E-state index contributed by atoms with van der Waals surface area (Å²) in [6, 6.07) is 5.59. The lowest BCUT2D eigenvalue weighted by Crippen LogP contribution is -2.22. The molecule has 1 N–H and O–H groups in total. The van der Waals surface area contributed by atoms with Crippen LogP contribution >= 0.6 is 11.6 Å². The third-order valence-corrected chi connectivity index (χ3v) is 5.60. The van der Waals surface area contributed by atoms with E-state index in [2.05, 4.69) is 19.2 Å². The molecule has 0 saturated carbocycles. The third kappa shape index (κ3) is 4.59. The number of benzene rings is 1. The van der Waals surface area contributed by atoms with E-state index in [9.17, 15) is 8.42 Å². The van der Waals surface area contributed by atoms with Crippen LogP contribution in [-0.2, 0) is 9.84 Å². The van der Waals surface area contributed by atoms with Crippen LogP contribution in [0.4, 0.5) is 0 Å². The molecule has 0 bridgehead atoms. The van der Waals surface area contributed by atoms with E-state index in [1.165, 1.54) is 0 Å². The van der Waals surface area contributed by atoms with Gasteiger partial charge in [-0.1, -0.05) is 18.5 Å². The lowest BCUT2D eigenvalue weighted by molar-refractivity contribution is 0.225. The second-order valence-electron chi connectivity index (χ2n) is 5.50. The van der Waals surface area contributed by atoms with Crippen LogP contribution in [0.5, 0.6) is 5.75 Å². The van der Waals surface area contributed by atoms with Gasteiger partial charge in [0.2, 0.25) is 0 Å². The summed E-state index contributed by atoms with van der Waals surface area (Å²) in [6.45, 7) is 5.07. The Morgan fingerprint density at radius 3 is 2.86 bits per heavy atom. The summed E-state index contributed by atoms with van der Waals surface area (Å²) in [5.74, 6) is 1.04. The van der Waals surface area contributed by atoms with Crippen molar-refractivity contribution >= 4 is 21.4 Å². The van der Waals surface area contributed by atoms with Crippen molar-refractivity contribution in [3.63, 3.8) is 0 Å². The van der Waals surface area contributed by atoms with Crippen LogP contribution in [0.3, 0.4) is 0 Å². The number of halogens is 1. The zero-order chi connectivity index (χ0) is 15.5. The Morgan fingerprint density at radius 1 is 1.48 bits per heavy atom. The van der Waals surface area contributed by atoms with E-state index in [4.69, 9.17) is 16.3 Å². The molecule has 1 aromatic rings. The van der Waals surface area contributed by atoms with Gasteiger partial charge in [-0.25, -0.2) is 8.42 Å². The number of rotatable bonds is 6. The predicted molar refractivity (Wildman–Crippen MR) is 85.8 cm³/mol. The number of ether oxygens (including phenoxy) is 1. The topological polar surface area (TPSA) is 55.4 Å². The average Bonchev–Trinajstić information content (AvgIpc) is 2.77. The Labute approximate surface area is 131 Å². The average molecular weight is 332 g/mol. The highest BCUT2D eigenvalue weighted by Gasteiger charge is 2.30. The third-order valence-electron chi connectivity index (χ3n) is 3.62. The Kier molecular flexibility index (Phi) is 5.52. The number of nitrogens with one attached hydrogen (secondary N) is 1. The van der Waals surface area contributed by atoms with E-state index >= 15 is 0 Å². The minimum atomic E-state index is -2.94. The SMILES string of the molecule is CCCNC(C)c1cc(Cl)ccc1OC1CCS(=O)(=O)C1. The second-order valence-corrected chi connectivity index (χ2v) is 8.17. The Bertz CT molecular complexity index is 589. The summed E-state index contributed by atoms with van der Waals surface area (Å²) < 4.78 is 29.0. The molecule has 1 fully saturated rings. The second kappa shape index (κ2) is 6.99. The molecular weight excluding hydrogens is 310 g/mol. The zero-order valence-electron chi connectivity index (χ0n) is 12.4. The maximum absolute atomic E-state index is 11.5. The number of hydrogen-bond donors (Lipinski definition) is 1. The van der Waals surface area contributed by atoms with Gasteiger partial charge in [0.1, 0.15) is 11.9 Å².